The van der Waals surface area contributed by atoms with Gasteiger partial charge in [0, 0.05) is 17.5 Å². The van der Waals surface area contributed by atoms with Crippen LogP contribution in [0.25, 0.3) is 0 Å². The van der Waals surface area contributed by atoms with Gasteiger partial charge >= 0.3 is 0 Å². The first kappa shape index (κ1) is 16.2. The maximum absolute atomic E-state index is 13.4. The molecule has 2 aromatic carbocycles. The van der Waals surface area contributed by atoms with Crippen molar-refractivity contribution in [3.05, 3.63) is 82.4 Å². The molecule has 3 nitrogen and oxygen atoms in total. The molecule has 0 spiro atoms. The molecule has 1 heterocycles. The lowest BCUT2D eigenvalue weighted by atomic mass is 9.52. The van der Waals surface area contributed by atoms with Crippen LogP contribution in [0.5, 0.6) is 0 Å². The normalized spacial score (nSPS) is 28.3. The highest BCUT2D eigenvalue weighted by molar-refractivity contribution is 9.09. The van der Waals surface area contributed by atoms with E-state index in [-0.39, 0.29) is 16.1 Å². The lowest BCUT2D eigenvalue weighted by molar-refractivity contribution is -0.127. The second-order valence-corrected chi connectivity index (χ2v) is 9.54. The van der Waals surface area contributed by atoms with Crippen molar-refractivity contribution >= 4 is 38.3 Å². The molecular formula is C21H17BrN2OS. The number of benzene rings is 2. The smallest absolute Gasteiger partial charge is 0.233 e. The average molecular weight is 425 g/mol. The van der Waals surface area contributed by atoms with Crippen molar-refractivity contribution in [2.75, 3.05) is 5.32 Å². The van der Waals surface area contributed by atoms with Gasteiger partial charge in [-0.3, -0.25) is 4.79 Å². The van der Waals surface area contributed by atoms with Gasteiger partial charge in [-0.1, -0.05) is 64.5 Å². The molecule has 0 radical (unpaired) electrons. The maximum Gasteiger partial charge on any atom is 0.233 e. The van der Waals surface area contributed by atoms with Gasteiger partial charge in [-0.15, -0.1) is 11.3 Å². The molecule has 130 valence electrons. The van der Waals surface area contributed by atoms with Crippen LogP contribution in [0.4, 0.5) is 5.13 Å². The third-order valence-electron chi connectivity index (χ3n) is 5.82. The average Bonchev–Trinajstić information content (AvgIpc) is 3.15. The summed E-state index contributed by atoms with van der Waals surface area (Å²) in [6.45, 7) is 2.09. The zero-order valence-electron chi connectivity index (χ0n) is 14.2. The van der Waals surface area contributed by atoms with Crippen LogP contribution >= 0.6 is 27.3 Å². The molecule has 1 N–H and O–H groups in total. The molecule has 0 saturated heterocycles. The van der Waals surface area contributed by atoms with Crippen molar-refractivity contribution in [3.8, 4) is 0 Å². The number of anilines is 1. The number of hydrogen-bond acceptors (Lipinski definition) is 3. The second-order valence-electron chi connectivity index (χ2n) is 7.29. The molecular weight excluding hydrogens is 408 g/mol. The van der Waals surface area contributed by atoms with Crippen LogP contribution in [0.1, 0.15) is 41.5 Å². The molecule has 3 aliphatic rings. The molecule has 0 aliphatic heterocycles. The van der Waals surface area contributed by atoms with E-state index in [0.717, 1.165) is 6.42 Å². The molecule has 0 fully saturated rings. The summed E-state index contributed by atoms with van der Waals surface area (Å²) >= 11 is 5.51. The van der Waals surface area contributed by atoms with Gasteiger partial charge in [0.25, 0.3) is 0 Å². The summed E-state index contributed by atoms with van der Waals surface area (Å²) in [7, 11) is 0. The first-order valence-electron chi connectivity index (χ1n) is 8.63. The highest BCUT2D eigenvalue weighted by Crippen LogP contribution is 2.66. The first-order valence-corrected chi connectivity index (χ1v) is 10.3. The minimum Gasteiger partial charge on any atom is -0.301 e. The number of halogens is 1. The lowest BCUT2D eigenvalue weighted by Gasteiger charge is -2.54. The van der Waals surface area contributed by atoms with Gasteiger partial charge in [-0.25, -0.2) is 4.98 Å². The monoisotopic (exact) mass is 424 g/mol. The second kappa shape index (κ2) is 5.51. The maximum atomic E-state index is 13.4. The van der Waals surface area contributed by atoms with E-state index in [0.29, 0.717) is 5.13 Å². The van der Waals surface area contributed by atoms with Crippen molar-refractivity contribution < 1.29 is 4.79 Å². The standard InChI is InChI=1S/C21H17BrN2OS/c1-20(18(25)24-19-23-10-11-26-19)12-21(22)15-8-4-2-6-13(15)17(20)14-7-3-5-9-16(14)21/h2-11,17H,12H2,1H3,(H,23,24,25). The van der Waals surface area contributed by atoms with Crippen LogP contribution < -0.4 is 5.32 Å². The number of carbonyl (C=O) groups is 1. The minimum absolute atomic E-state index is 0.0327. The van der Waals surface area contributed by atoms with E-state index >= 15 is 0 Å². The zero-order valence-corrected chi connectivity index (χ0v) is 16.6. The Hall–Kier alpha value is -1.98. The Bertz CT molecular complexity index is 969. The van der Waals surface area contributed by atoms with Crippen molar-refractivity contribution in [3.63, 3.8) is 0 Å². The quantitative estimate of drug-likeness (QED) is 0.568. The van der Waals surface area contributed by atoms with Crippen LogP contribution in [0.15, 0.2) is 60.1 Å². The summed E-state index contributed by atoms with van der Waals surface area (Å²) < 4.78 is -0.343. The molecule has 0 saturated carbocycles. The van der Waals surface area contributed by atoms with Gasteiger partial charge in [0.15, 0.2) is 5.13 Å². The highest BCUT2D eigenvalue weighted by Gasteiger charge is 2.59. The first-order chi connectivity index (χ1) is 12.5. The Labute approximate surface area is 164 Å². The van der Waals surface area contributed by atoms with Crippen LogP contribution in [-0.2, 0) is 9.12 Å². The van der Waals surface area contributed by atoms with E-state index in [1.165, 1.54) is 33.6 Å². The Balaban J connectivity index is 1.70. The summed E-state index contributed by atoms with van der Waals surface area (Å²) in [6.07, 6.45) is 2.43. The van der Waals surface area contributed by atoms with Gasteiger partial charge < -0.3 is 5.32 Å². The van der Waals surface area contributed by atoms with Gasteiger partial charge in [-0.2, -0.15) is 0 Å². The van der Waals surface area contributed by atoms with Crippen molar-refractivity contribution in [1.82, 2.24) is 4.98 Å². The van der Waals surface area contributed by atoms with Gasteiger partial charge in [0.05, 0.1) is 9.74 Å². The number of fused-ring (bicyclic) bond motifs is 1. The summed E-state index contributed by atoms with van der Waals surface area (Å²) in [5.74, 6) is 0.0690. The predicted octanol–water partition coefficient (Wildman–Crippen LogP) is 5.28. The Morgan fingerprint density at radius 2 is 1.77 bits per heavy atom. The van der Waals surface area contributed by atoms with Crippen molar-refractivity contribution in [2.24, 2.45) is 5.41 Å². The number of thiazole rings is 1. The molecule has 1 unspecified atom stereocenters. The lowest BCUT2D eigenvalue weighted by Crippen LogP contribution is -2.52. The van der Waals surface area contributed by atoms with Crippen molar-refractivity contribution in [1.29, 1.82) is 0 Å². The highest BCUT2D eigenvalue weighted by atomic mass is 79.9. The fraction of sp³-hybridized carbons (Fsp3) is 0.238. The number of nitrogens with one attached hydrogen (secondary N) is 1. The van der Waals surface area contributed by atoms with Gasteiger partial charge in [0.2, 0.25) is 5.91 Å². The molecule has 1 aromatic heterocycles. The number of rotatable bonds is 2. The van der Waals surface area contributed by atoms with E-state index in [2.05, 4.69) is 81.7 Å². The summed E-state index contributed by atoms with van der Waals surface area (Å²) in [4.78, 5) is 17.6. The zero-order chi connectivity index (χ0) is 17.9. The fourth-order valence-electron chi connectivity index (χ4n) is 4.75. The SMILES string of the molecule is CC1(C(=O)Nc2nccs2)CC2(Br)c3ccccc3C1c1ccccc12. The molecule has 3 aromatic rings. The molecule has 1 amide bonds. The predicted molar refractivity (Wildman–Crippen MR) is 108 cm³/mol. The number of carbonyl (C=O) groups excluding carboxylic acids is 1. The largest absolute Gasteiger partial charge is 0.301 e. The number of nitrogens with zero attached hydrogens (tertiary/aromatic N) is 1. The topological polar surface area (TPSA) is 42.0 Å². The molecule has 3 aliphatic carbocycles. The van der Waals surface area contributed by atoms with E-state index in [1.807, 2.05) is 5.38 Å². The van der Waals surface area contributed by atoms with E-state index in [9.17, 15) is 4.79 Å². The van der Waals surface area contributed by atoms with E-state index in [4.69, 9.17) is 0 Å². The molecule has 6 rings (SSSR count). The molecule has 26 heavy (non-hydrogen) atoms. The summed E-state index contributed by atoms with van der Waals surface area (Å²) in [6, 6.07) is 17.0. The summed E-state index contributed by atoms with van der Waals surface area (Å²) in [5, 5.41) is 5.58. The van der Waals surface area contributed by atoms with E-state index in [1.54, 1.807) is 6.20 Å². The number of amides is 1. The van der Waals surface area contributed by atoms with Crippen LogP contribution in [-0.4, -0.2) is 10.9 Å². The number of aromatic nitrogens is 1. The molecule has 2 bridgehead atoms. The third-order valence-corrected chi connectivity index (χ3v) is 7.64. The fourth-order valence-corrected chi connectivity index (χ4v) is 6.58. The Kier molecular flexibility index (Phi) is 3.43. The molecule has 1 atom stereocenters. The van der Waals surface area contributed by atoms with E-state index < -0.39 is 5.41 Å². The van der Waals surface area contributed by atoms with Crippen LogP contribution in [0.2, 0.25) is 0 Å². The van der Waals surface area contributed by atoms with Crippen LogP contribution in [0.3, 0.4) is 0 Å². The number of alkyl halides is 1. The number of hydrogen-bond donors (Lipinski definition) is 1. The third kappa shape index (κ3) is 2.04. The Morgan fingerprint density at radius 3 is 2.35 bits per heavy atom. The summed E-state index contributed by atoms with van der Waals surface area (Å²) in [5.41, 5.74) is 4.49. The minimum atomic E-state index is -0.558. The Morgan fingerprint density at radius 1 is 1.15 bits per heavy atom. The molecule has 5 heteroatoms. The van der Waals surface area contributed by atoms with Crippen LogP contribution in [0, 0.1) is 5.41 Å². The van der Waals surface area contributed by atoms with Gasteiger partial charge in [0.1, 0.15) is 0 Å². The van der Waals surface area contributed by atoms with Gasteiger partial charge in [-0.05, 0) is 35.6 Å². The van der Waals surface area contributed by atoms with Crippen molar-refractivity contribution in [2.45, 2.75) is 23.6 Å².